The minimum Gasteiger partial charge on any atom is -0.477 e. The van der Waals surface area contributed by atoms with Gasteiger partial charge in [0.05, 0.1) is 17.9 Å². The Bertz CT molecular complexity index is 1080. The summed E-state index contributed by atoms with van der Waals surface area (Å²) in [5.74, 6) is 1.47. The number of aromatic amines is 1. The quantitative estimate of drug-likeness (QED) is 0.691. The molecule has 1 saturated heterocycles. The van der Waals surface area contributed by atoms with Gasteiger partial charge in [0, 0.05) is 37.1 Å². The van der Waals surface area contributed by atoms with Gasteiger partial charge in [-0.05, 0) is 44.7 Å². The number of piperidine rings is 1. The predicted octanol–water partition coefficient (Wildman–Crippen LogP) is 1.90. The number of hydrogen-bond acceptors (Lipinski definition) is 6. The number of rotatable bonds is 5. The van der Waals surface area contributed by atoms with Gasteiger partial charge in [0.1, 0.15) is 6.33 Å². The Labute approximate surface area is 173 Å². The molecule has 0 unspecified atom stereocenters. The van der Waals surface area contributed by atoms with E-state index in [2.05, 4.69) is 20.1 Å². The van der Waals surface area contributed by atoms with E-state index in [1.807, 2.05) is 24.8 Å². The van der Waals surface area contributed by atoms with E-state index in [0.717, 1.165) is 24.2 Å². The molecule has 156 valence electrons. The van der Waals surface area contributed by atoms with Crippen molar-refractivity contribution in [3.8, 4) is 11.7 Å². The fraction of sp³-hybridized carbons (Fsp3) is 0.381. The number of ether oxygens (including phenoxy) is 1. The first-order chi connectivity index (χ1) is 14.5. The van der Waals surface area contributed by atoms with Crippen LogP contribution in [0.1, 0.15) is 34.6 Å². The van der Waals surface area contributed by atoms with E-state index in [1.54, 1.807) is 16.8 Å². The zero-order valence-electron chi connectivity index (χ0n) is 17.0. The number of H-pyrrole nitrogens is 1. The van der Waals surface area contributed by atoms with Crippen molar-refractivity contribution in [2.24, 2.45) is 5.92 Å². The number of carbonyl (C=O) groups is 1. The number of pyridine rings is 1. The predicted molar refractivity (Wildman–Crippen MR) is 110 cm³/mol. The van der Waals surface area contributed by atoms with Crippen LogP contribution in [0.2, 0.25) is 0 Å². The molecule has 1 amide bonds. The van der Waals surface area contributed by atoms with E-state index in [9.17, 15) is 9.59 Å². The van der Waals surface area contributed by atoms with Crippen LogP contribution in [0.4, 0.5) is 0 Å². The van der Waals surface area contributed by atoms with Crippen molar-refractivity contribution in [3.05, 3.63) is 64.1 Å². The average molecular weight is 408 g/mol. The average Bonchev–Trinajstić information content (AvgIpc) is 3.11. The van der Waals surface area contributed by atoms with E-state index >= 15 is 0 Å². The molecule has 0 aliphatic carbocycles. The highest BCUT2D eigenvalue weighted by Crippen LogP contribution is 2.21. The molecule has 4 rings (SSSR count). The fourth-order valence-corrected chi connectivity index (χ4v) is 3.62. The van der Waals surface area contributed by atoms with Gasteiger partial charge in [-0.2, -0.15) is 5.10 Å². The minimum absolute atomic E-state index is 0.0593. The van der Waals surface area contributed by atoms with Gasteiger partial charge in [0.2, 0.25) is 11.4 Å². The summed E-state index contributed by atoms with van der Waals surface area (Å²) < 4.78 is 7.68. The number of carbonyl (C=O) groups excluding carboxylic acids is 1. The summed E-state index contributed by atoms with van der Waals surface area (Å²) in [4.78, 5) is 36.6. The van der Waals surface area contributed by atoms with E-state index in [0.29, 0.717) is 42.9 Å². The third kappa shape index (κ3) is 4.40. The largest absolute Gasteiger partial charge is 0.477 e. The maximum Gasteiger partial charge on any atom is 0.255 e. The van der Waals surface area contributed by atoms with Crippen molar-refractivity contribution in [3.63, 3.8) is 0 Å². The second-order valence-corrected chi connectivity index (χ2v) is 7.54. The maximum absolute atomic E-state index is 12.5. The molecule has 0 bridgehead atoms. The summed E-state index contributed by atoms with van der Waals surface area (Å²) in [6.07, 6.45) is 4.65. The Kier molecular flexibility index (Phi) is 5.60. The molecule has 3 aromatic heterocycles. The van der Waals surface area contributed by atoms with E-state index in [1.165, 1.54) is 18.6 Å². The topological polar surface area (TPSA) is 106 Å². The highest BCUT2D eigenvalue weighted by atomic mass is 16.5. The normalized spacial score (nSPS) is 14.7. The molecule has 1 aliphatic rings. The van der Waals surface area contributed by atoms with Crippen molar-refractivity contribution in [1.29, 1.82) is 0 Å². The molecule has 0 atom stereocenters. The van der Waals surface area contributed by atoms with Gasteiger partial charge in [-0.3, -0.25) is 9.59 Å². The summed E-state index contributed by atoms with van der Waals surface area (Å²) >= 11 is 0. The van der Waals surface area contributed by atoms with Crippen molar-refractivity contribution in [2.75, 3.05) is 19.7 Å². The molecule has 1 N–H and O–H groups in total. The van der Waals surface area contributed by atoms with Crippen LogP contribution in [0.15, 0.2) is 41.6 Å². The van der Waals surface area contributed by atoms with Crippen molar-refractivity contribution >= 4 is 5.91 Å². The van der Waals surface area contributed by atoms with E-state index in [-0.39, 0.29) is 11.5 Å². The molecule has 0 spiro atoms. The first-order valence-electron chi connectivity index (χ1n) is 9.96. The standard InChI is InChI=1S/C21H24N6O3/c1-14-9-15(2)27(25-14)18-10-20(24-13-23-18)30-12-16-5-7-26(8-6-16)21(29)17-3-4-19(28)22-11-17/h3-4,9-11,13,16H,5-8,12H2,1-2H3,(H,22,28). The van der Waals surface area contributed by atoms with Gasteiger partial charge < -0.3 is 14.6 Å². The fourth-order valence-electron chi connectivity index (χ4n) is 3.62. The lowest BCUT2D eigenvalue weighted by molar-refractivity contribution is 0.0659. The third-order valence-electron chi connectivity index (χ3n) is 5.25. The van der Waals surface area contributed by atoms with Gasteiger partial charge in [-0.15, -0.1) is 0 Å². The first-order valence-corrected chi connectivity index (χ1v) is 9.96. The summed E-state index contributed by atoms with van der Waals surface area (Å²) in [5, 5.41) is 4.44. The molecule has 0 saturated carbocycles. The van der Waals surface area contributed by atoms with Gasteiger partial charge in [0.25, 0.3) is 5.91 Å². The Morgan fingerprint density at radius 2 is 2.00 bits per heavy atom. The summed E-state index contributed by atoms with van der Waals surface area (Å²) in [7, 11) is 0. The van der Waals surface area contributed by atoms with Crippen LogP contribution < -0.4 is 10.3 Å². The number of amides is 1. The van der Waals surface area contributed by atoms with Crippen LogP contribution >= 0.6 is 0 Å². The number of likely N-dealkylation sites (tertiary alicyclic amines) is 1. The Morgan fingerprint density at radius 3 is 2.67 bits per heavy atom. The van der Waals surface area contributed by atoms with Gasteiger partial charge in [0.15, 0.2) is 5.82 Å². The number of aromatic nitrogens is 5. The van der Waals surface area contributed by atoms with Crippen molar-refractivity contribution in [1.82, 2.24) is 29.6 Å². The van der Waals surface area contributed by atoms with E-state index < -0.39 is 0 Å². The molecule has 0 radical (unpaired) electrons. The molecular formula is C21H24N6O3. The highest BCUT2D eigenvalue weighted by Gasteiger charge is 2.24. The Balaban J connectivity index is 1.31. The lowest BCUT2D eigenvalue weighted by Gasteiger charge is -2.31. The highest BCUT2D eigenvalue weighted by molar-refractivity contribution is 5.93. The van der Waals surface area contributed by atoms with Gasteiger partial charge in [-0.25, -0.2) is 14.6 Å². The molecular weight excluding hydrogens is 384 g/mol. The monoisotopic (exact) mass is 408 g/mol. The van der Waals surface area contributed by atoms with Crippen molar-refractivity contribution < 1.29 is 9.53 Å². The summed E-state index contributed by atoms with van der Waals surface area (Å²) in [6, 6.07) is 6.71. The lowest BCUT2D eigenvalue weighted by Crippen LogP contribution is -2.39. The number of nitrogens with one attached hydrogen (secondary N) is 1. The molecule has 0 aromatic carbocycles. The van der Waals surface area contributed by atoms with Gasteiger partial charge in [-0.1, -0.05) is 0 Å². The zero-order valence-corrected chi connectivity index (χ0v) is 17.0. The number of hydrogen-bond donors (Lipinski definition) is 1. The molecule has 1 fully saturated rings. The molecule has 9 nitrogen and oxygen atoms in total. The van der Waals surface area contributed by atoms with Crippen LogP contribution in [0.25, 0.3) is 5.82 Å². The molecule has 30 heavy (non-hydrogen) atoms. The molecule has 4 heterocycles. The van der Waals surface area contributed by atoms with Crippen LogP contribution in [0.5, 0.6) is 5.88 Å². The maximum atomic E-state index is 12.5. The zero-order chi connectivity index (χ0) is 21.1. The van der Waals surface area contributed by atoms with Crippen LogP contribution in [-0.2, 0) is 0 Å². The Hall–Kier alpha value is -3.49. The lowest BCUT2D eigenvalue weighted by atomic mass is 9.97. The third-order valence-corrected chi connectivity index (χ3v) is 5.25. The van der Waals surface area contributed by atoms with Crippen LogP contribution in [-0.4, -0.2) is 55.2 Å². The van der Waals surface area contributed by atoms with Crippen molar-refractivity contribution in [2.45, 2.75) is 26.7 Å². The van der Waals surface area contributed by atoms with Crippen LogP contribution in [0.3, 0.4) is 0 Å². The first kappa shape index (κ1) is 19.8. The van der Waals surface area contributed by atoms with Gasteiger partial charge >= 0.3 is 0 Å². The smallest absolute Gasteiger partial charge is 0.255 e. The van der Waals surface area contributed by atoms with Crippen LogP contribution in [0, 0.1) is 19.8 Å². The summed E-state index contributed by atoms with van der Waals surface area (Å²) in [6.45, 7) is 5.77. The van der Waals surface area contributed by atoms with E-state index in [4.69, 9.17) is 4.74 Å². The summed E-state index contributed by atoms with van der Waals surface area (Å²) in [5.41, 5.74) is 2.21. The molecule has 1 aliphatic heterocycles. The number of aryl methyl sites for hydroxylation is 2. The second kappa shape index (κ2) is 8.48. The number of nitrogens with zero attached hydrogens (tertiary/aromatic N) is 5. The second-order valence-electron chi connectivity index (χ2n) is 7.54. The molecule has 9 heteroatoms. The minimum atomic E-state index is -0.215. The Morgan fingerprint density at radius 1 is 1.20 bits per heavy atom. The SMILES string of the molecule is Cc1cc(C)n(-c2cc(OCC3CCN(C(=O)c4ccc(=O)[nH]c4)CC3)ncn2)n1. The molecule has 3 aromatic rings.